The van der Waals surface area contributed by atoms with Crippen LogP contribution in [0.3, 0.4) is 0 Å². The summed E-state index contributed by atoms with van der Waals surface area (Å²) in [5, 5.41) is 10.5. The Morgan fingerprint density at radius 2 is 2.31 bits per heavy atom. The number of hydrogen-bond acceptors (Lipinski definition) is 5. The minimum atomic E-state index is -2.88. The molecule has 0 radical (unpaired) electrons. The summed E-state index contributed by atoms with van der Waals surface area (Å²) in [6.07, 6.45) is 0. The van der Waals surface area contributed by atoms with Crippen molar-refractivity contribution >= 4 is 0 Å². The molecule has 16 heavy (non-hydrogen) atoms. The van der Waals surface area contributed by atoms with Crippen LogP contribution in [0.1, 0.15) is 11.7 Å². The van der Waals surface area contributed by atoms with Crippen molar-refractivity contribution in [3.8, 4) is 5.88 Å². The van der Waals surface area contributed by atoms with Gasteiger partial charge in [-0.3, -0.25) is 0 Å². The van der Waals surface area contributed by atoms with Crippen molar-refractivity contribution in [1.29, 1.82) is 0 Å². The van der Waals surface area contributed by atoms with Crippen molar-refractivity contribution in [1.82, 2.24) is 15.5 Å². The van der Waals surface area contributed by atoms with E-state index < -0.39 is 6.61 Å². The Hall–Kier alpha value is -1.34. The van der Waals surface area contributed by atoms with E-state index in [-0.39, 0.29) is 11.9 Å². The lowest BCUT2D eigenvalue weighted by Gasteiger charge is -2.22. The van der Waals surface area contributed by atoms with E-state index in [9.17, 15) is 8.78 Å². The molecule has 1 fully saturated rings. The van der Waals surface area contributed by atoms with E-state index in [2.05, 4.69) is 20.3 Å². The second-order valence-corrected chi connectivity index (χ2v) is 3.26. The first-order valence-electron chi connectivity index (χ1n) is 4.85. The molecular formula is C9H11F2N3O2. The van der Waals surface area contributed by atoms with Crippen molar-refractivity contribution in [2.45, 2.75) is 12.7 Å². The predicted octanol–water partition coefficient (Wildman–Crippen LogP) is 0.739. The molecule has 0 spiro atoms. The van der Waals surface area contributed by atoms with E-state index in [1.807, 2.05) is 0 Å². The maximum Gasteiger partial charge on any atom is 0.388 e. The molecule has 1 aromatic rings. The monoisotopic (exact) mass is 231 g/mol. The highest BCUT2D eigenvalue weighted by atomic mass is 19.3. The van der Waals surface area contributed by atoms with Crippen molar-refractivity contribution in [2.75, 3.05) is 19.8 Å². The highest BCUT2D eigenvalue weighted by Gasteiger charge is 2.17. The molecule has 7 heteroatoms. The van der Waals surface area contributed by atoms with Crippen molar-refractivity contribution in [2.24, 2.45) is 0 Å². The highest BCUT2D eigenvalue weighted by molar-refractivity contribution is 5.14. The number of nitrogens with zero attached hydrogens (tertiary/aromatic N) is 2. The predicted molar refractivity (Wildman–Crippen MR) is 50.2 cm³/mol. The Kier molecular flexibility index (Phi) is 3.58. The van der Waals surface area contributed by atoms with Crippen LogP contribution < -0.4 is 10.1 Å². The van der Waals surface area contributed by atoms with Crippen LogP contribution in [-0.2, 0) is 4.74 Å². The number of ether oxygens (including phenoxy) is 2. The summed E-state index contributed by atoms with van der Waals surface area (Å²) in [6.45, 7) is -0.974. The summed E-state index contributed by atoms with van der Waals surface area (Å²) in [5.41, 5.74) is 0.654. The van der Waals surface area contributed by atoms with Crippen molar-refractivity contribution in [3.05, 3.63) is 17.8 Å². The quantitative estimate of drug-likeness (QED) is 0.831. The van der Waals surface area contributed by atoms with Crippen LogP contribution in [0.2, 0.25) is 0 Å². The number of rotatable bonds is 3. The third-order valence-electron chi connectivity index (χ3n) is 2.15. The summed E-state index contributed by atoms with van der Waals surface area (Å²) in [4.78, 5) is 0. The Morgan fingerprint density at radius 3 is 2.88 bits per heavy atom. The summed E-state index contributed by atoms with van der Waals surface area (Å²) in [5.74, 6) is -0.185. The lowest BCUT2D eigenvalue weighted by molar-refractivity contribution is -0.0535. The number of halogens is 2. The van der Waals surface area contributed by atoms with Gasteiger partial charge in [0.2, 0.25) is 5.88 Å². The smallest absolute Gasteiger partial charge is 0.388 e. The zero-order chi connectivity index (χ0) is 11.4. The Bertz CT molecular complexity index is 328. The molecule has 5 nitrogen and oxygen atoms in total. The molecule has 0 aromatic carbocycles. The molecule has 2 heterocycles. The Balaban J connectivity index is 2.00. The summed E-state index contributed by atoms with van der Waals surface area (Å²) in [7, 11) is 0. The lowest BCUT2D eigenvalue weighted by atomic mass is 10.2. The van der Waals surface area contributed by atoms with Crippen LogP contribution in [0.4, 0.5) is 8.78 Å². The molecule has 0 bridgehead atoms. The van der Waals surface area contributed by atoms with E-state index >= 15 is 0 Å². The normalized spacial score (nSPS) is 21.1. The van der Waals surface area contributed by atoms with Gasteiger partial charge in [-0.25, -0.2) is 0 Å². The number of nitrogens with one attached hydrogen (secondary N) is 1. The zero-order valence-electron chi connectivity index (χ0n) is 8.40. The van der Waals surface area contributed by atoms with E-state index in [1.54, 1.807) is 6.07 Å². The van der Waals surface area contributed by atoms with Crippen LogP contribution >= 0.6 is 0 Å². The van der Waals surface area contributed by atoms with Gasteiger partial charge >= 0.3 is 6.61 Å². The molecule has 2 rings (SSSR count). The first-order chi connectivity index (χ1) is 7.75. The van der Waals surface area contributed by atoms with Gasteiger partial charge < -0.3 is 14.8 Å². The average Bonchev–Trinajstić information content (AvgIpc) is 2.30. The van der Waals surface area contributed by atoms with Gasteiger partial charge in [0, 0.05) is 12.6 Å². The third kappa shape index (κ3) is 2.83. The summed E-state index contributed by atoms with van der Waals surface area (Å²) < 4.78 is 33.1. The molecule has 1 aromatic heterocycles. The van der Waals surface area contributed by atoms with Gasteiger partial charge in [0.15, 0.2) is 0 Å². The number of aromatic nitrogens is 2. The standard InChI is InChI=1S/C9H11F2N3O2/c10-9(11)16-8-2-1-6(13-14-8)7-5-15-4-3-12-7/h1-2,7,9,12H,3-5H2/t7-/m0/s1. The van der Waals surface area contributed by atoms with E-state index in [4.69, 9.17) is 4.74 Å². The third-order valence-corrected chi connectivity index (χ3v) is 2.15. The van der Waals surface area contributed by atoms with Gasteiger partial charge in [-0.15, -0.1) is 5.10 Å². The van der Waals surface area contributed by atoms with E-state index in [1.165, 1.54) is 6.07 Å². The van der Waals surface area contributed by atoms with Gasteiger partial charge in [0.05, 0.1) is 24.9 Å². The maximum atomic E-state index is 11.9. The van der Waals surface area contributed by atoms with E-state index in [0.29, 0.717) is 18.9 Å². The largest absolute Gasteiger partial charge is 0.415 e. The molecule has 0 aliphatic carbocycles. The lowest BCUT2D eigenvalue weighted by Crippen LogP contribution is -2.35. The van der Waals surface area contributed by atoms with Crippen LogP contribution in [0, 0.1) is 0 Å². The van der Waals surface area contributed by atoms with Gasteiger partial charge in [0.25, 0.3) is 0 Å². The molecule has 1 aliphatic rings. The van der Waals surface area contributed by atoms with Gasteiger partial charge in [-0.05, 0) is 6.07 Å². The second kappa shape index (κ2) is 5.13. The topological polar surface area (TPSA) is 56.3 Å². The minimum absolute atomic E-state index is 0.0400. The molecule has 0 unspecified atom stereocenters. The molecule has 1 atom stereocenters. The fraction of sp³-hybridized carbons (Fsp3) is 0.556. The molecule has 0 saturated carbocycles. The van der Waals surface area contributed by atoms with E-state index in [0.717, 1.165) is 6.54 Å². The summed E-state index contributed by atoms with van der Waals surface area (Å²) in [6, 6.07) is 2.92. The number of morpholine rings is 1. The first-order valence-corrected chi connectivity index (χ1v) is 4.85. The van der Waals surface area contributed by atoms with Crippen LogP contribution in [0.5, 0.6) is 5.88 Å². The fourth-order valence-corrected chi connectivity index (χ4v) is 1.43. The highest BCUT2D eigenvalue weighted by Crippen LogP contribution is 2.15. The van der Waals surface area contributed by atoms with Gasteiger partial charge in [-0.2, -0.15) is 13.9 Å². The SMILES string of the molecule is FC(F)Oc1ccc([C@@H]2COCCN2)nn1. The number of alkyl halides is 2. The fourth-order valence-electron chi connectivity index (χ4n) is 1.43. The van der Waals surface area contributed by atoms with Gasteiger partial charge in [-0.1, -0.05) is 0 Å². The molecule has 1 saturated heterocycles. The minimum Gasteiger partial charge on any atom is -0.415 e. The molecule has 1 N–H and O–H groups in total. The van der Waals surface area contributed by atoms with Gasteiger partial charge in [0.1, 0.15) is 0 Å². The van der Waals surface area contributed by atoms with Crippen LogP contribution in [0.25, 0.3) is 0 Å². The maximum absolute atomic E-state index is 11.9. The van der Waals surface area contributed by atoms with Crippen molar-refractivity contribution < 1.29 is 18.3 Å². The zero-order valence-corrected chi connectivity index (χ0v) is 8.40. The summed E-state index contributed by atoms with van der Waals surface area (Å²) >= 11 is 0. The molecule has 88 valence electrons. The molecular weight excluding hydrogens is 220 g/mol. The average molecular weight is 231 g/mol. The Morgan fingerprint density at radius 1 is 1.44 bits per heavy atom. The Labute approximate surface area is 90.8 Å². The van der Waals surface area contributed by atoms with Crippen LogP contribution in [0.15, 0.2) is 12.1 Å². The van der Waals surface area contributed by atoms with Crippen molar-refractivity contribution in [3.63, 3.8) is 0 Å². The molecule has 1 aliphatic heterocycles. The first kappa shape index (κ1) is 11.2. The number of hydrogen-bond donors (Lipinski definition) is 1. The second-order valence-electron chi connectivity index (χ2n) is 3.26. The molecule has 0 amide bonds. The van der Waals surface area contributed by atoms with Crippen LogP contribution in [-0.4, -0.2) is 36.6 Å².